The smallest absolute Gasteiger partial charge is 0.123 e. The van der Waals surface area contributed by atoms with Gasteiger partial charge in [-0.05, 0) is 13.0 Å². The lowest BCUT2D eigenvalue weighted by molar-refractivity contribution is 0.408. The fourth-order valence-electron chi connectivity index (χ4n) is 2.71. The number of fused-ring (bicyclic) bond motifs is 1. The maximum absolute atomic E-state index is 5.41. The topological polar surface area (TPSA) is 39.1 Å². The van der Waals surface area contributed by atoms with Crippen LogP contribution in [0.4, 0.5) is 0 Å². The predicted molar refractivity (Wildman–Crippen MR) is 74.4 cm³/mol. The summed E-state index contributed by atoms with van der Waals surface area (Å²) in [7, 11) is 1.72. The number of benzene rings is 1. The van der Waals surface area contributed by atoms with Crippen LogP contribution >= 0.6 is 0 Å². The van der Waals surface area contributed by atoms with E-state index in [0.29, 0.717) is 6.04 Å². The second-order valence-corrected chi connectivity index (χ2v) is 4.94. The maximum atomic E-state index is 5.41. The van der Waals surface area contributed by atoms with Crippen molar-refractivity contribution in [3.63, 3.8) is 0 Å². The molecule has 1 aromatic carbocycles. The van der Waals surface area contributed by atoms with Crippen molar-refractivity contribution in [2.45, 2.75) is 25.9 Å². The van der Waals surface area contributed by atoms with Crippen LogP contribution in [0.1, 0.15) is 29.9 Å². The Morgan fingerprint density at radius 3 is 3.11 bits per heavy atom. The van der Waals surface area contributed by atoms with Crippen molar-refractivity contribution in [2.24, 2.45) is 0 Å². The molecule has 19 heavy (non-hydrogen) atoms. The van der Waals surface area contributed by atoms with Crippen molar-refractivity contribution in [1.29, 1.82) is 0 Å². The lowest BCUT2D eigenvalue weighted by Gasteiger charge is -2.21. The van der Waals surface area contributed by atoms with E-state index < -0.39 is 0 Å². The van der Waals surface area contributed by atoms with Gasteiger partial charge in [-0.2, -0.15) is 0 Å². The average Bonchev–Trinajstić information content (AvgIpc) is 2.84. The number of ether oxygens (including phenoxy) is 1. The van der Waals surface area contributed by atoms with Crippen LogP contribution in [0.3, 0.4) is 0 Å². The highest BCUT2D eigenvalue weighted by atomic mass is 16.5. The van der Waals surface area contributed by atoms with Crippen molar-refractivity contribution in [3.05, 3.63) is 47.5 Å². The predicted octanol–water partition coefficient (Wildman–Crippen LogP) is 2.15. The summed E-state index contributed by atoms with van der Waals surface area (Å²) < 4.78 is 7.65. The molecule has 1 aliphatic heterocycles. The quantitative estimate of drug-likeness (QED) is 0.915. The van der Waals surface area contributed by atoms with Gasteiger partial charge in [0.15, 0.2) is 0 Å². The number of para-hydroxylation sites is 1. The maximum Gasteiger partial charge on any atom is 0.123 e. The van der Waals surface area contributed by atoms with Crippen molar-refractivity contribution in [1.82, 2.24) is 14.9 Å². The van der Waals surface area contributed by atoms with E-state index in [4.69, 9.17) is 4.74 Å². The van der Waals surface area contributed by atoms with Crippen LogP contribution in [-0.2, 0) is 13.0 Å². The van der Waals surface area contributed by atoms with Gasteiger partial charge in [0.05, 0.1) is 25.7 Å². The summed E-state index contributed by atoms with van der Waals surface area (Å²) in [5.41, 5.74) is 3.72. The van der Waals surface area contributed by atoms with Crippen LogP contribution in [0, 0.1) is 0 Å². The van der Waals surface area contributed by atoms with Gasteiger partial charge in [-0.15, -0.1) is 0 Å². The number of hydrogen-bond acceptors (Lipinski definition) is 3. The molecular formula is C15H19N3O. The van der Waals surface area contributed by atoms with Gasteiger partial charge in [0.25, 0.3) is 0 Å². The van der Waals surface area contributed by atoms with Crippen LogP contribution in [-0.4, -0.2) is 23.2 Å². The monoisotopic (exact) mass is 257 g/mol. The van der Waals surface area contributed by atoms with Crippen molar-refractivity contribution in [3.8, 4) is 5.75 Å². The van der Waals surface area contributed by atoms with Gasteiger partial charge in [0, 0.05) is 30.3 Å². The SMILES string of the molecule is COc1ccccc1Cn1cnc2c1CCNC2C. The van der Waals surface area contributed by atoms with E-state index in [1.54, 1.807) is 7.11 Å². The number of nitrogens with zero attached hydrogens (tertiary/aromatic N) is 2. The summed E-state index contributed by atoms with van der Waals surface area (Å²) >= 11 is 0. The molecule has 3 rings (SSSR count). The molecule has 0 saturated carbocycles. The van der Waals surface area contributed by atoms with Crippen molar-refractivity contribution >= 4 is 0 Å². The van der Waals surface area contributed by atoms with Crippen LogP contribution in [0.2, 0.25) is 0 Å². The lowest BCUT2D eigenvalue weighted by Crippen LogP contribution is -2.29. The van der Waals surface area contributed by atoms with Gasteiger partial charge in [-0.25, -0.2) is 4.98 Å². The minimum atomic E-state index is 0.350. The van der Waals surface area contributed by atoms with Gasteiger partial charge in [-0.3, -0.25) is 0 Å². The molecule has 0 bridgehead atoms. The summed E-state index contributed by atoms with van der Waals surface area (Å²) in [5, 5.41) is 3.44. The zero-order chi connectivity index (χ0) is 13.2. The summed E-state index contributed by atoms with van der Waals surface area (Å²) in [6, 6.07) is 8.50. The number of hydrogen-bond donors (Lipinski definition) is 1. The third-order valence-corrected chi connectivity index (χ3v) is 3.73. The molecule has 100 valence electrons. The third-order valence-electron chi connectivity index (χ3n) is 3.73. The Morgan fingerprint density at radius 2 is 2.26 bits per heavy atom. The van der Waals surface area contributed by atoms with Crippen LogP contribution < -0.4 is 10.1 Å². The number of imidazole rings is 1. The number of rotatable bonds is 3. The molecule has 2 heterocycles. The van der Waals surface area contributed by atoms with E-state index in [9.17, 15) is 0 Å². The summed E-state index contributed by atoms with van der Waals surface area (Å²) in [6.45, 7) is 4.00. The second kappa shape index (κ2) is 5.05. The molecule has 1 aromatic heterocycles. The fraction of sp³-hybridized carbons (Fsp3) is 0.400. The minimum absolute atomic E-state index is 0.350. The Hall–Kier alpha value is -1.81. The molecule has 0 amide bonds. The third kappa shape index (κ3) is 2.24. The highest BCUT2D eigenvalue weighted by molar-refractivity contribution is 5.34. The minimum Gasteiger partial charge on any atom is -0.496 e. The van der Waals surface area contributed by atoms with Gasteiger partial charge in [0.1, 0.15) is 5.75 Å². The lowest BCUT2D eigenvalue weighted by atomic mass is 10.1. The summed E-state index contributed by atoms with van der Waals surface area (Å²) in [6.07, 6.45) is 2.98. The first-order valence-electron chi connectivity index (χ1n) is 6.68. The van der Waals surface area contributed by atoms with Gasteiger partial charge in [-0.1, -0.05) is 18.2 Å². The van der Waals surface area contributed by atoms with E-state index in [-0.39, 0.29) is 0 Å². The molecule has 2 aromatic rings. The van der Waals surface area contributed by atoms with Crippen molar-refractivity contribution in [2.75, 3.05) is 13.7 Å². The first-order chi connectivity index (χ1) is 9.29. The van der Waals surface area contributed by atoms with E-state index in [2.05, 4.69) is 27.9 Å². The molecule has 1 unspecified atom stereocenters. The van der Waals surface area contributed by atoms with Crippen LogP contribution in [0.5, 0.6) is 5.75 Å². The van der Waals surface area contributed by atoms with Gasteiger partial charge >= 0.3 is 0 Å². The van der Waals surface area contributed by atoms with E-state index in [1.807, 2.05) is 24.5 Å². The molecule has 1 atom stereocenters. The number of aromatic nitrogens is 2. The molecule has 0 aliphatic carbocycles. The van der Waals surface area contributed by atoms with E-state index in [0.717, 1.165) is 25.3 Å². The molecule has 4 nitrogen and oxygen atoms in total. The molecule has 0 saturated heterocycles. The molecule has 0 radical (unpaired) electrons. The van der Waals surface area contributed by atoms with E-state index in [1.165, 1.54) is 17.0 Å². The Kier molecular flexibility index (Phi) is 3.25. The Balaban J connectivity index is 1.92. The zero-order valence-electron chi connectivity index (χ0n) is 11.4. The zero-order valence-corrected chi connectivity index (χ0v) is 11.4. The molecule has 1 aliphatic rings. The normalized spacial score (nSPS) is 18.1. The number of methoxy groups -OCH3 is 1. The molecular weight excluding hydrogens is 238 g/mol. The van der Waals surface area contributed by atoms with Crippen LogP contribution in [0.15, 0.2) is 30.6 Å². The summed E-state index contributed by atoms with van der Waals surface area (Å²) in [4.78, 5) is 4.55. The molecule has 1 N–H and O–H groups in total. The Labute approximate surface area is 113 Å². The average molecular weight is 257 g/mol. The largest absolute Gasteiger partial charge is 0.496 e. The number of nitrogens with one attached hydrogen (secondary N) is 1. The molecule has 4 heteroatoms. The molecule has 0 fully saturated rings. The Bertz CT molecular complexity index is 577. The van der Waals surface area contributed by atoms with Gasteiger partial charge in [0.2, 0.25) is 0 Å². The van der Waals surface area contributed by atoms with Crippen LogP contribution in [0.25, 0.3) is 0 Å². The molecule has 0 spiro atoms. The fourth-order valence-corrected chi connectivity index (χ4v) is 2.71. The van der Waals surface area contributed by atoms with Crippen molar-refractivity contribution < 1.29 is 4.74 Å². The first-order valence-corrected chi connectivity index (χ1v) is 6.68. The highest BCUT2D eigenvalue weighted by Crippen LogP contribution is 2.24. The first kappa shape index (κ1) is 12.2. The Morgan fingerprint density at radius 1 is 1.42 bits per heavy atom. The van der Waals surface area contributed by atoms with Gasteiger partial charge < -0.3 is 14.6 Å². The van der Waals surface area contributed by atoms with E-state index >= 15 is 0 Å². The summed E-state index contributed by atoms with van der Waals surface area (Å²) in [5.74, 6) is 0.937. The second-order valence-electron chi connectivity index (χ2n) is 4.94. The highest BCUT2D eigenvalue weighted by Gasteiger charge is 2.21. The standard InChI is InChI=1S/C15H19N3O/c1-11-15-13(7-8-16-11)18(10-17-15)9-12-5-3-4-6-14(12)19-2/h3-6,10-11,16H,7-9H2,1-2H3.